The lowest BCUT2D eigenvalue weighted by Crippen LogP contribution is -2.48. The van der Waals surface area contributed by atoms with Crippen LogP contribution in [0.1, 0.15) is 18.7 Å². The number of amides is 1. The second-order valence-electron chi connectivity index (χ2n) is 3.72. The van der Waals surface area contributed by atoms with Gasteiger partial charge >= 0.3 is 0 Å². The molecule has 0 aromatic carbocycles. The third kappa shape index (κ3) is 2.33. The summed E-state index contributed by atoms with van der Waals surface area (Å²) in [6, 6.07) is -0.0875. The predicted molar refractivity (Wildman–Crippen MR) is 53.9 cm³/mol. The SMILES string of the molecule is Cn1cnnc1CNC1CCCNC1=O. The molecule has 1 aliphatic rings. The molecule has 0 bridgehead atoms. The fourth-order valence-corrected chi connectivity index (χ4v) is 1.65. The molecule has 15 heavy (non-hydrogen) atoms. The molecule has 2 N–H and O–H groups in total. The minimum atomic E-state index is -0.0875. The molecule has 1 fully saturated rings. The fraction of sp³-hybridized carbons (Fsp3) is 0.667. The van der Waals surface area contributed by atoms with Crippen LogP contribution >= 0.6 is 0 Å². The van der Waals surface area contributed by atoms with Crippen LogP contribution in [0.3, 0.4) is 0 Å². The Bertz CT molecular complexity index is 348. The lowest BCUT2D eigenvalue weighted by atomic mass is 10.1. The van der Waals surface area contributed by atoms with Gasteiger partial charge in [-0.2, -0.15) is 0 Å². The minimum absolute atomic E-state index is 0.0865. The van der Waals surface area contributed by atoms with Gasteiger partial charge in [-0.3, -0.25) is 10.1 Å². The van der Waals surface area contributed by atoms with Gasteiger partial charge in [0.2, 0.25) is 5.91 Å². The molecule has 6 heteroatoms. The Morgan fingerprint density at radius 2 is 2.60 bits per heavy atom. The molecule has 0 spiro atoms. The Hall–Kier alpha value is -1.43. The highest BCUT2D eigenvalue weighted by molar-refractivity contribution is 5.82. The van der Waals surface area contributed by atoms with Crippen molar-refractivity contribution in [3.05, 3.63) is 12.2 Å². The standard InChI is InChI=1S/C9H15N5O/c1-14-6-12-13-8(14)5-11-7-3-2-4-10-9(7)15/h6-7,11H,2-5H2,1H3,(H,10,15). The Balaban J connectivity index is 1.87. The fourth-order valence-electron chi connectivity index (χ4n) is 1.65. The van der Waals surface area contributed by atoms with Gasteiger partial charge < -0.3 is 9.88 Å². The number of hydrogen-bond acceptors (Lipinski definition) is 4. The van der Waals surface area contributed by atoms with E-state index in [0.717, 1.165) is 25.2 Å². The summed E-state index contributed by atoms with van der Waals surface area (Å²) in [4.78, 5) is 11.4. The number of hydrogen-bond donors (Lipinski definition) is 2. The Labute approximate surface area is 88.1 Å². The van der Waals surface area contributed by atoms with Crippen LogP contribution in [-0.4, -0.2) is 33.3 Å². The maximum absolute atomic E-state index is 11.4. The molecule has 1 saturated heterocycles. The van der Waals surface area contributed by atoms with Gasteiger partial charge in [-0.1, -0.05) is 0 Å². The van der Waals surface area contributed by atoms with Gasteiger partial charge in [-0.15, -0.1) is 10.2 Å². The number of nitrogens with zero attached hydrogens (tertiary/aromatic N) is 3. The van der Waals surface area contributed by atoms with Crippen molar-refractivity contribution in [3.63, 3.8) is 0 Å². The maximum atomic E-state index is 11.4. The van der Waals surface area contributed by atoms with Crippen LogP contribution in [-0.2, 0) is 18.4 Å². The van der Waals surface area contributed by atoms with Gasteiger partial charge in [0.05, 0.1) is 12.6 Å². The van der Waals surface area contributed by atoms with Gasteiger partial charge in [0.25, 0.3) is 0 Å². The molecule has 1 atom stereocenters. The predicted octanol–water partition coefficient (Wildman–Crippen LogP) is -0.817. The van der Waals surface area contributed by atoms with Gasteiger partial charge in [-0.25, -0.2) is 0 Å². The van der Waals surface area contributed by atoms with Crippen molar-refractivity contribution in [2.24, 2.45) is 7.05 Å². The van der Waals surface area contributed by atoms with E-state index in [2.05, 4.69) is 20.8 Å². The number of rotatable bonds is 3. The second kappa shape index (κ2) is 4.39. The van der Waals surface area contributed by atoms with E-state index in [1.807, 2.05) is 11.6 Å². The monoisotopic (exact) mass is 209 g/mol. The number of aryl methyl sites for hydroxylation is 1. The van der Waals surface area contributed by atoms with Crippen LogP contribution in [0.15, 0.2) is 6.33 Å². The lowest BCUT2D eigenvalue weighted by Gasteiger charge is -2.22. The van der Waals surface area contributed by atoms with Crippen molar-refractivity contribution in [3.8, 4) is 0 Å². The van der Waals surface area contributed by atoms with Crippen molar-refractivity contribution < 1.29 is 4.79 Å². The summed E-state index contributed by atoms with van der Waals surface area (Å²) in [7, 11) is 1.89. The lowest BCUT2D eigenvalue weighted by molar-refractivity contribution is -0.124. The highest BCUT2D eigenvalue weighted by atomic mass is 16.2. The van der Waals surface area contributed by atoms with Gasteiger partial charge in [0, 0.05) is 13.6 Å². The Kier molecular flexibility index (Phi) is 2.96. The van der Waals surface area contributed by atoms with E-state index in [1.54, 1.807) is 6.33 Å². The van der Waals surface area contributed by atoms with Crippen LogP contribution in [0.5, 0.6) is 0 Å². The molecule has 0 saturated carbocycles. The molecule has 1 amide bonds. The maximum Gasteiger partial charge on any atom is 0.237 e. The third-order valence-corrected chi connectivity index (χ3v) is 2.60. The van der Waals surface area contributed by atoms with Crippen molar-refractivity contribution >= 4 is 5.91 Å². The zero-order chi connectivity index (χ0) is 10.7. The van der Waals surface area contributed by atoms with E-state index in [1.165, 1.54) is 0 Å². The first-order valence-electron chi connectivity index (χ1n) is 5.11. The van der Waals surface area contributed by atoms with Crippen LogP contribution in [0.2, 0.25) is 0 Å². The number of carbonyl (C=O) groups is 1. The van der Waals surface area contributed by atoms with E-state index in [4.69, 9.17) is 0 Å². The van der Waals surface area contributed by atoms with E-state index < -0.39 is 0 Å². The molecule has 1 aliphatic heterocycles. The summed E-state index contributed by atoms with van der Waals surface area (Å²) >= 11 is 0. The average molecular weight is 209 g/mol. The topological polar surface area (TPSA) is 71.8 Å². The molecular formula is C9H15N5O. The van der Waals surface area contributed by atoms with Crippen molar-refractivity contribution in [1.82, 2.24) is 25.4 Å². The molecule has 1 unspecified atom stereocenters. The molecule has 2 heterocycles. The van der Waals surface area contributed by atoms with Crippen LogP contribution in [0, 0.1) is 0 Å². The first-order valence-corrected chi connectivity index (χ1v) is 5.11. The molecule has 2 rings (SSSR count). The highest BCUT2D eigenvalue weighted by Crippen LogP contribution is 2.03. The zero-order valence-corrected chi connectivity index (χ0v) is 8.73. The highest BCUT2D eigenvalue weighted by Gasteiger charge is 2.21. The minimum Gasteiger partial charge on any atom is -0.355 e. The first kappa shape index (κ1) is 10.1. The number of piperidine rings is 1. The summed E-state index contributed by atoms with van der Waals surface area (Å²) in [5, 5.41) is 13.7. The summed E-state index contributed by atoms with van der Waals surface area (Å²) in [6.45, 7) is 1.37. The van der Waals surface area contributed by atoms with Crippen LogP contribution < -0.4 is 10.6 Å². The van der Waals surface area contributed by atoms with Crippen LogP contribution in [0.4, 0.5) is 0 Å². The van der Waals surface area contributed by atoms with Crippen molar-refractivity contribution in [2.45, 2.75) is 25.4 Å². The van der Waals surface area contributed by atoms with Crippen LogP contribution in [0.25, 0.3) is 0 Å². The molecule has 0 aliphatic carbocycles. The molecule has 6 nitrogen and oxygen atoms in total. The first-order chi connectivity index (χ1) is 7.27. The number of carbonyl (C=O) groups excluding carboxylic acids is 1. The second-order valence-corrected chi connectivity index (χ2v) is 3.72. The van der Waals surface area contributed by atoms with Crippen molar-refractivity contribution in [1.29, 1.82) is 0 Å². The van der Waals surface area contributed by atoms with E-state index in [0.29, 0.717) is 6.54 Å². The average Bonchev–Trinajstić information content (AvgIpc) is 2.63. The third-order valence-electron chi connectivity index (χ3n) is 2.60. The molecule has 82 valence electrons. The summed E-state index contributed by atoms with van der Waals surface area (Å²) in [5.74, 6) is 0.928. The summed E-state index contributed by atoms with van der Waals surface area (Å²) in [6.07, 6.45) is 3.57. The van der Waals surface area contributed by atoms with E-state index in [9.17, 15) is 4.79 Å². The largest absolute Gasteiger partial charge is 0.355 e. The van der Waals surface area contributed by atoms with Gasteiger partial charge in [0.15, 0.2) is 0 Å². The summed E-state index contributed by atoms with van der Waals surface area (Å²) in [5.41, 5.74) is 0. The zero-order valence-electron chi connectivity index (χ0n) is 8.73. The Morgan fingerprint density at radius 1 is 1.73 bits per heavy atom. The molecule has 0 radical (unpaired) electrons. The molecule has 1 aromatic heterocycles. The van der Waals surface area contributed by atoms with Gasteiger partial charge in [0.1, 0.15) is 12.2 Å². The molecular weight excluding hydrogens is 194 g/mol. The summed E-state index contributed by atoms with van der Waals surface area (Å²) < 4.78 is 1.84. The Morgan fingerprint density at radius 3 is 3.27 bits per heavy atom. The van der Waals surface area contributed by atoms with E-state index >= 15 is 0 Å². The number of aromatic nitrogens is 3. The normalized spacial score (nSPS) is 21.4. The molecule has 1 aromatic rings. The quantitative estimate of drug-likeness (QED) is 0.682. The smallest absolute Gasteiger partial charge is 0.237 e. The number of nitrogens with one attached hydrogen (secondary N) is 2. The van der Waals surface area contributed by atoms with Crippen molar-refractivity contribution in [2.75, 3.05) is 6.54 Å². The van der Waals surface area contributed by atoms with E-state index in [-0.39, 0.29) is 11.9 Å². The van der Waals surface area contributed by atoms with Gasteiger partial charge in [-0.05, 0) is 12.8 Å².